The highest BCUT2D eigenvalue weighted by Gasteiger charge is 2.30. The smallest absolute Gasteiger partial charge is 0.309 e. The number of benzene rings is 1. The minimum absolute atomic E-state index is 0.226. The highest BCUT2D eigenvalue weighted by atomic mass is 32.2. The second kappa shape index (κ2) is 9.82. The molecule has 29 heavy (non-hydrogen) atoms. The minimum atomic E-state index is -3.71. The van der Waals surface area contributed by atoms with Gasteiger partial charge in [0.25, 0.3) is 0 Å². The zero-order valence-electron chi connectivity index (χ0n) is 17.2. The van der Waals surface area contributed by atoms with E-state index in [-0.39, 0.29) is 24.3 Å². The number of ether oxygens (including phenoxy) is 3. The molecule has 0 aromatic heterocycles. The van der Waals surface area contributed by atoms with E-state index >= 15 is 0 Å². The number of amides is 1. The molecule has 1 aromatic rings. The number of sulfonamides is 1. The number of hydrogen-bond acceptors (Lipinski definition) is 7. The number of methoxy groups -OCH3 is 2. The van der Waals surface area contributed by atoms with Crippen molar-refractivity contribution in [1.29, 1.82) is 0 Å². The average Bonchev–Trinajstić information content (AvgIpc) is 2.70. The molecule has 1 aliphatic rings. The van der Waals surface area contributed by atoms with Gasteiger partial charge in [0.05, 0.1) is 38.7 Å². The number of carbonyl (C=O) groups is 2. The van der Waals surface area contributed by atoms with E-state index in [4.69, 9.17) is 14.2 Å². The number of rotatable bonds is 8. The highest BCUT2D eigenvalue weighted by Crippen LogP contribution is 2.32. The van der Waals surface area contributed by atoms with Gasteiger partial charge >= 0.3 is 5.97 Å². The number of hydrogen-bond donors (Lipinski definition) is 0. The van der Waals surface area contributed by atoms with Gasteiger partial charge in [0.15, 0.2) is 11.5 Å². The van der Waals surface area contributed by atoms with Crippen LogP contribution in [0.25, 0.3) is 0 Å². The van der Waals surface area contributed by atoms with E-state index in [0.717, 1.165) is 10.6 Å². The molecule has 1 saturated heterocycles. The molecule has 0 aliphatic carbocycles. The lowest BCUT2D eigenvalue weighted by Gasteiger charge is -2.32. The molecule has 10 heteroatoms. The Hall–Kier alpha value is -2.49. The van der Waals surface area contributed by atoms with Gasteiger partial charge in [0.1, 0.15) is 6.54 Å². The molecular formula is C19H28N2O7S. The Bertz CT molecular complexity index is 833. The standard InChI is InChI=1S/C19H28N2O7S/c1-5-28-19(23)14-8-10-20(11-9-14)18(22)13-21(29(4,24)25)15-6-7-16(26-2)17(12-15)27-3/h6-7,12,14H,5,8-11,13H2,1-4H3. The first-order chi connectivity index (χ1) is 13.7. The predicted octanol–water partition coefficient (Wildman–Crippen LogP) is 1.27. The summed E-state index contributed by atoms with van der Waals surface area (Å²) in [6, 6.07) is 4.66. The summed E-state index contributed by atoms with van der Waals surface area (Å²) in [7, 11) is -0.781. The molecule has 0 spiro atoms. The van der Waals surface area contributed by atoms with Gasteiger partial charge in [-0.3, -0.25) is 13.9 Å². The van der Waals surface area contributed by atoms with Crippen LogP contribution in [0.15, 0.2) is 18.2 Å². The second-order valence-electron chi connectivity index (χ2n) is 6.72. The van der Waals surface area contributed by atoms with Gasteiger partial charge in [0, 0.05) is 19.2 Å². The summed E-state index contributed by atoms with van der Waals surface area (Å²) < 4.78 is 41.2. The fraction of sp³-hybridized carbons (Fsp3) is 0.579. The molecule has 1 amide bonds. The van der Waals surface area contributed by atoms with Crippen molar-refractivity contribution in [3.05, 3.63) is 18.2 Å². The van der Waals surface area contributed by atoms with Crippen molar-refractivity contribution in [2.75, 3.05) is 51.0 Å². The summed E-state index contributed by atoms with van der Waals surface area (Å²) in [6.45, 7) is 2.51. The Balaban J connectivity index is 2.12. The second-order valence-corrected chi connectivity index (χ2v) is 8.62. The third-order valence-corrected chi connectivity index (χ3v) is 5.94. The topological polar surface area (TPSA) is 102 Å². The zero-order valence-corrected chi connectivity index (χ0v) is 18.0. The Morgan fingerprint density at radius 3 is 2.28 bits per heavy atom. The van der Waals surface area contributed by atoms with Gasteiger partial charge in [-0.05, 0) is 31.9 Å². The number of esters is 1. The quantitative estimate of drug-likeness (QED) is 0.575. The maximum Gasteiger partial charge on any atom is 0.309 e. The van der Waals surface area contributed by atoms with Crippen LogP contribution in [0.1, 0.15) is 19.8 Å². The van der Waals surface area contributed by atoms with Crippen LogP contribution in [-0.4, -0.2) is 71.9 Å². The molecule has 9 nitrogen and oxygen atoms in total. The summed E-state index contributed by atoms with van der Waals surface area (Å²) in [4.78, 5) is 26.2. The van der Waals surface area contributed by atoms with Crippen molar-refractivity contribution >= 4 is 27.6 Å². The molecule has 1 heterocycles. The number of piperidine rings is 1. The molecule has 1 fully saturated rings. The molecule has 0 unspecified atom stereocenters. The molecule has 0 bridgehead atoms. The van der Waals surface area contributed by atoms with Gasteiger partial charge in [-0.2, -0.15) is 0 Å². The van der Waals surface area contributed by atoms with Crippen molar-refractivity contribution < 1.29 is 32.2 Å². The van der Waals surface area contributed by atoms with Crippen molar-refractivity contribution in [2.45, 2.75) is 19.8 Å². The summed E-state index contributed by atoms with van der Waals surface area (Å²) >= 11 is 0. The molecule has 0 saturated carbocycles. The van der Waals surface area contributed by atoms with Crippen LogP contribution in [0, 0.1) is 5.92 Å². The predicted molar refractivity (Wildman–Crippen MR) is 108 cm³/mol. The third kappa shape index (κ3) is 5.75. The summed E-state index contributed by atoms with van der Waals surface area (Å²) in [6.07, 6.45) is 2.05. The lowest BCUT2D eigenvalue weighted by molar-refractivity contribution is -0.151. The van der Waals surface area contributed by atoms with Gasteiger partial charge < -0.3 is 19.1 Å². The lowest BCUT2D eigenvalue weighted by atomic mass is 9.97. The zero-order chi connectivity index (χ0) is 21.6. The summed E-state index contributed by atoms with van der Waals surface area (Å²) in [5.41, 5.74) is 0.305. The number of carbonyl (C=O) groups excluding carboxylic acids is 2. The van der Waals surface area contributed by atoms with E-state index < -0.39 is 10.0 Å². The van der Waals surface area contributed by atoms with E-state index in [9.17, 15) is 18.0 Å². The molecule has 2 rings (SSSR count). The molecule has 1 aliphatic heterocycles. The third-order valence-electron chi connectivity index (χ3n) is 4.80. The monoisotopic (exact) mass is 428 g/mol. The van der Waals surface area contributed by atoms with Crippen LogP contribution < -0.4 is 13.8 Å². The Labute approximate surface area is 171 Å². The first-order valence-electron chi connectivity index (χ1n) is 9.35. The van der Waals surface area contributed by atoms with E-state index in [2.05, 4.69) is 0 Å². The number of anilines is 1. The Morgan fingerprint density at radius 1 is 1.14 bits per heavy atom. The van der Waals surface area contributed by atoms with Crippen LogP contribution in [0.4, 0.5) is 5.69 Å². The molecule has 0 atom stereocenters. The van der Waals surface area contributed by atoms with Crippen molar-refractivity contribution in [3.8, 4) is 11.5 Å². The van der Waals surface area contributed by atoms with E-state index in [1.165, 1.54) is 20.3 Å². The summed E-state index contributed by atoms with van der Waals surface area (Å²) in [5.74, 6) is 0.0180. The van der Waals surface area contributed by atoms with Crippen LogP contribution in [-0.2, 0) is 24.3 Å². The molecule has 0 radical (unpaired) electrons. The van der Waals surface area contributed by atoms with Crippen LogP contribution in [0.2, 0.25) is 0 Å². The fourth-order valence-electron chi connectivity index (χ4n) is 3.23. The number of likely N-dealkylation sites (tertiary alicyclic amines) is 1. The van der Waals surface area contributed by atoms with Crippen molar-refractivity contribution in [3.63, 3.8) is 0 Å². The highest BCUT2D eigenvalue weighted by molar-refractivity contribution is 7.92. The van der Waals surface area contributed by atoms with Gasteiger partial charge in [-0.1, -0.05) is 0 Å². The minimum Gasteiger partial charge on any atom is -0.493 e. The number of nitrogens with zero attached hydrogens (tertiary/aromatic N) is 2. The van der Waals surface area contributed by atoms with E-state index in [1.54, 1.807) is 24.0 Å². The van der Waals surface area contributed by atoms with Gasteiger partial charge in [0.2, 0.25) is 15.9 Å². The first-order valence-corrected chi connectivity index (χ1v) is 11.2. The normalized spacial score (nSPS) is 15.0. The Kier molecular flexibility index (Phi) is 7.72. The van der Waals surface area contributed by atoms with Crippen LogP contribution in [0.5, 0.6) is 11.5 Å². The maximum atomic E-state index is 12.8. The first kappa shape index (κ1) is 22.8. The van der Waals surface area contributed by atoms with Crippen molar-refractivity contribution in [2.24, 2.45) is 5.92 Å². The van der Waals surface area contributed by atoms with Gasteiger partial charge in [-0.15, -0.1) is 0 Å². The fourth-order valence-corrected chi connectivity index (χ4v) is 4.07. The molecule has 0 N–H and O–H groups in total. The van der Waals surface area contributed by atoms with E-state index in [1.807, 2.05) is 0 Å². The van der Waals surface area contributed by atoms with Crippen LogP contribution in [0.3, 0.4) is 0 Å². The Morgan fingerprint density at radius 2 is 1.76 bits per heavy atom. The SMILES string of the molecule is CCOC(=O)C1CCN(C(=O)CN(c2ccc(OC)c(OC)c2)S(C)(=O)=O)CC1. The molecule has 1 aromatic carbocycles. The largest absolute Gasteiger partial charge is 0.493 e. The molecular weight excluding hydrogens is 400 g/mol. The van der Waals surface area contributed by atoms with Gasteiger partial charge in [-0.25, -0.2) is 8.42 Å². The molecule has 162 valence electrons. The summed E-state index contributed by atoms with van der Waals surface area (Å²) in [5, 5.41) is 0. The average molecular weight is 429 g/mol. The maximum absolute atomic E-state index is 12.8. The van der Waals surface area contributed by atoms with Crippen LogP contribution >= 0.6 is 0 Å². The van der Waals surface area contributed by atoms with E-state index in [0.29, 0.717) is 49.7 Å². The van der Waals surface area contributed by atoms with Crippen molar-refractivity contribution in [1.82, 2.24) is 4.90 Å². The lowest BCUT2D eigenvalue weighted by Crippen LogP contribution is -2.46.